The van der Waals surface area contributed by atoms with Crippen LogP contribution in [0.25, 0.3) is 0 Å². The molecule has 1 atom stereocenters. The summed E-state index contributed by atoms with van der Waals surface area (Å²) in [6.45, 7) is 0.00615. The summed E-state index contributed by atoms with van der Waals surface area (Å²) in [5.41, 5.74) is 6.27. The van der Waals surface area contributed by atoms with E-state index in [-0.39, 0.29) is 30.2 Å². The summed E-state index contributed by atoms with van der Waals surface area (Å²) in [6, 6.07) is 3.30. The highest BCUT2D eigenvalue weighted by Crippen LogP contribution is 2.25. The van der Waals surface area contributed by atoms with Crippen molar-refractivity contribution in [3.63, 3.8) is 0 Å². The molecule has 0 radical (unpaired) electrons. The molecule has 0 saturated heterocycles. The Morgan fingerprint density at radius 2 is 2.00 bits per heavy atom. The summed E-state index contributed by atoms with van der Waals surface area (Å²) < 4.78 is 21.8. The maximum Gasteiger partial charge on any atom is 0.237 e. The van der Waals surface area contributed by atoms with Crippen LogP contribution in [0.2, 0.25) is 0 Å². The van der Waals surface area contributed by atoms with Gasteiger partial charge in [0, 0.05) is 12.8 Å². The van der Waals surface area contributed by atoms with Gasteiger partial charge in [0.2, 0.25) is 5.91 Å². The van der Waals surface area contributed by atoms with E-state index in [1.54, 1.807) is 6.07 Å². The second-order valence-electron chi connectivity index (χ2n) is 4.55. The van der Waals surface area contributed by atoms with Crippen LogP contribution in [0, 0.1) is 0 Å². The summed E-state index contributed by atoms with van der Waals surface area (Å²) in [7, 11) is -3.13. The van der Waals surface area contributed by atoms with Gasteiger partial charge in [-0.3, -0.25) is 4.79 Å². The van der Waals surface area contributed by atoms with Crippen molar-refractivity contribution < 1.29 is 23.4 Å². The lowest BCUT2D eigenvalue weighted by molar-refractivity contribution is -0.122. The maximum absolute atomic E-state index is 11.6. The summed E-state index contributed by atoms with van der Waals surface area (Å²) in [5, 5.41) is 20.9. The topological polar surface area (TPSA) is 130 Å². The fourth-order valence-corrected chi connectivity index (χ4v) is 2.01. The Morgan fingerprint density at radius 3 is 2.55 bits per heavy atom. The Labute approximate surface area is 117 Å². The van der Waals surface area contributed by atoms with Crippen LogP contribution in [0.1, 0.15) is 5.56 Å². The fourth-order valence-electron chi connectivity index (χ4n) is 1.53. The number of carbonyl (C=O) groups is 1. The Bertz CT molecular complexity index is 586. The van der Waals surface area contributed by atoms with Crippen molar-refractivity contribution in [3.05, 3.63) is 23.8 Å². The van der Waals surface area contributed by atoms with Gasteiger partial charge >= 0.3 is 0 Å². The van der Waals surface area contributed by atoms with Crippen molar-refractivity contribution in [1.29, 1.82) is 0 Å². The average Bonchev–Trinajstić information content (AvgIpc) is 2.32. The zero-order valence-corrected chi connectivity index (χ0v) is 11.9. The zero-order valence-electron chi connectivity index (χ0n) is 11.0. The van der Waals surface area contributed by atoms with Crippen molar-refractivity contribution in [2.75, 3.05) is 18.6 Å². The molecule has 0 aliphatic heterocycles. The van der Waals surface area contributed by atoms with Gasteiger partial charge in [-0.05, 0) is 24.1 Å². The quantitative estimate of drug-likeness (QED) is 0.505. The van der Waals surface area contributed by atoms with Gasteiger partial charge in [-0.1, -0.05) is 6.07 Å². The number of hydrogen-bond acceptors (Lipinski definition) is 6. The SMILES string of the molecule is CS(=O)(=O)CCNC(=O)[C@@H](N)Cc1ccc(O)c(O)c1. The first-order valence-electron chi connectivity index (χ1n) is 5.91. The molecule has 0 spiro atoms. The van der Waals surface area contributed by atoms with Gasteiger partial charge in [0.1, 0.15) is 9.84 Å². The highest BCUT2D eigenvalue weighted by atomic mass is 32.2. The van der Waals surface area contributed by atoms with Gasteiger partial charge < -0.3 is 21.3 Å². The van der Waals surface area contributed by atoms with Crippen molar-refractivity contribution in [1.82, 2.24) is 5.32 Å². The van der Waals surface area contributed by atoms with E-state index in [4.69, 9.17) is 10.8 Å². The summed E-state index contributed by atoms with van der Waals surface area (Å²) in [6.07, 6.45) is 1.25. The Morgan fingerprint density at radius 1 is 1.35 bits per heavy atom. The number of rotatable bonds is 6. The zero-order chi connectivity index (χ0) is 15.3. The largest absolute Gasteiger partial charge is 0.504 e. The molecule has 0 bridgehead atoms. The number of carbonyl (C=O) groups excluding carboxylic acids is 1. The van der Waals surface area contributed by atoms with Gasteiger partial charge in [-0.15, -0.1) is 0 Å². The van der Waals surface area contributed by atoms with E-state index in [9.17, 15) is 18.3 Å². The number of phenols is 2. The van der Waals surface area contributed by atoms with Crippen LogP contribution in [0.4, 0.5) is 0 Å². The predicted molar refractivity (Wildman–Crippen MR) is 74.2 cm³/mol. The third kappa shape index (κ3) is 5.45. The van der Waals surface area contributed by atoms with Crippen molar-refractivity contribution >= 4 is 15.7 Å². The third-order valence-corrected chi connectivity index (χ3v) is 3.55. The summed E-state index contributed by atoms with van der Waals surface area (Å²) >= 11 is 0. The molecule has 1 aromatic carbocycles. The van der Waals surface area contributed by atoms with E-state index in [0.717, 1.165) is 6.26 Å². The number of nitrogens with one attached hydrogen (secondary N) is 1. The van der Waals surface area contributed by atoms with Crippen LogP contribution in [0.3, 0.4) is 0 Å². The van der Waals surface area contributed by atoms with Crippen molar-refractivity contribution in [3.8, 4) is 11.5 Å². The highest BCUT2D eigenvalue weighted by molar-refractivity contribution is 7.90. The normalized spacial score (nSPS) is 12.9. The molecular weight excluding hydrogens is 284 g/mol. The van der Waals surface area contributed by atoms with Gasteiger partial charge in [-0.25, -0.2) is 8.42 Å². The Hall–Kier alpha value is -1.80. The Balaban J connectivity index is 2.51. The molecule has 0 saturated carbocycles. The molecule has 20 heavy (non-hydrogen) atoms. The van der Waals surface area contributed by atoms with Gasteiger partial charge in [0.25, 0.3) is 0 Å². The molecule has 5 N–H and O–H groups in total. The molecule has 0 aliphatic rings. The molecule has 7 nitrogen and oxygen atoms in total. The van der Waals surface area contributed by atoms with Gasteiger partial charge in [0.15, 0.2) is 11.5 Å². The number of benzene rings is 1. The lowest BCUT2D eigenvalue weighted by Crippen LogP contribution is -2.43. The van der Waals surface area contributed by atoms with Gasteiger partial charge in [-0.2, -0.15) is 0 Å². The standard InChI is InChI=1S/C12H18N2O5S/c1-20(18,19)5-4-14-12(17)9(13)6-8-2-3-10(15)11(16)7-8/h2-3,7,9,15-16H,4-6,13H2,1H3,(H,14,17)/t9-/m0/s1. The fraction of sp³-hybridized carbons (Fsp3) is 0.417. The third-order valence-electron chi connectivity index (χ3n) is 2.60. The van der Waals surface area contributed by atoms with E-state index >= 15 is 0 Å². The first-order chi connectivity index (χ1) is 9.19. The molecule has 112 valence electrons. The number of phenolic OH excluding ortho intramolecular Hbond substituents is 2. The monoisotopic (exact) mass is 302 g/mol. The van der Waals surface area contributed by atoms with Crippen LogP contribution in [-0.2, 0) is 21.1 Å². The average molecular weight is 302 g/mol. The molecule has 0 heterocycles. The molecular formula is C12H18N2O5S. The Kier molecular flexibility index (Phi) is 5.34. The van der Waals surface area contributed by atoms with E-state index in [2.05, 4.69) is 5.32 Å². The molecule has 0 unspecified atom stereocenters. The number of nitrogens with two attached hydrogens (primary N) is 1. The number of sulfone groups is 1. The lowest BCUT2D eigenvalue weighted by atomic mass is 10.1. The molecule has 1 aromatic rings. The predicted octanol–water partition coefficient (Wildman–Crippen LogP) is -0.872. The van der Waals surface area contributed by atoms with Crippen LogP contribution >= 0.6 is 0 Å². The van der Waals surface area contributed by atoms with Gasteiger partial charge in [0.05, 0.1) is 11.8 Å². The minimum absolute atomic E-state index is 0.00615. The second-order valence-corrected chi connectivity index (χ2v) is 6.81. The number of hydrogen-bond donors (Lipinski definition) is 4. The number of aromatic hydroxyl groups is 2. The van der Waals surface area contributed by atoms with Crippen LogP contribution in [0.15, 0.2) is 18.2 Å². The molecule has 0 aromatic heterocycles. The second kappa shape index (κ2) is 6.58. The maximum atomic E-state index is 11.6. The highest BCUT2D eigenvalue weighted by Gasteiger charge is 2.15. The summed E-state index contributed by atoms with van der Waals surface area (Å²) in [4.78, 5) is 11.6. The lowest BCUT2D eigenvalue weighted by Gasteiger charge is -2.12. The molecule has 0 aliphatic carbocycles. The summed E-state index contributed by atoms with van der Waals surface area (Å²) in [5.74, 6) is -1.15. The van der Waals surface area contributed by atoms with Crippen LogP contribution < -0.4 is 11.1 Å². The minimum Gasteiger partial charge on any atom is -0.504 e. The smallest absolute Gasteiger partial charge is 0.237 e. The van der Waals surface area contributed by atoms with Crippen LogP contribution in [0.5, 0.6) is 11.5 Å². The van der Waals surface area contributed by atoms with E-state index < -0.39 is 21.8 Å². The molecule has 1 amide bonds. The van der Waals surface area contributed by atoms with Crippen LogP contribution in [-0.4, -0.2) is 49.1 Å². The number of amides is 1. The molecule has 0 fully saturated rings. The molecule has 8 heteroatoms. The minimum atomic E-state index is -3.13. The first kappa shape index (κ1) is 16.3. The van der Waals surface area contributed by atoms with E-state index in [1.807, 2.05) is 0 Å². The van der Waals surface area contributed by atoms with E-state index in [0.29, 0.717) is 5.56 Å². The first-order valence-corrected chi connectivity index (χ1v) is 7.97. The van der Waals surface area contributed by atoms with Crippen molar-refractivity contribution in [2.24, 2.45) is 5.73 Å². The van der Waals surface area contributed by atoms with E-state index in [1.165, 1.54) is 12.1 Å². The molecule has 1 rings (SSSR count). The van der Waals surface area contributed by atoms with Crippen molar-refractivity contribution in [2.45, 2.75) is 12.5 Å².